The van der Waals surface area contributed by atoms with Crippen molar-refractivity contribution < 1.29 is 108 Å². The number of aliphatic hydroxyl groups is 4. The Kier molecular flexibility index (Phi) is 27.3. The van der Waals surface area contributed by atoms with E-state index in [9.17, 15) is 60.3 Å². The number of hydrogen-bond acceptors (Lipinski definition) is 26. The molecule has 0 aromatic heterocycles. The number of fused-ring (bicyclic) bond motifs is 13. The summed E-state index contributed by atoms with van der Waals surface area (Å²) < 4.78 is 33.5. The molecule has 1 fully saturated rings. The summed E-state index contributed by atoms with van der Waals surface area (Å²) in [5.41, 5.74) is -1.21. The number of nitrogens with one attached hydrogen (secondary N) is 10. The van der Waals surface area contributed by atoms with E-state index in [0.29, 0.717) is 31.5 Å². The van der Waals surface area contributed by atoms with Crippen LogP contribution in [0.4, 0.5) is 0 Å². The van der Waals surface area contributed by atoms with Gasteiger partial charge in [-0.3, -0.25) is 38.4 Å². The van der Waals surface area contributed by atoms with E-state index < -0.39 is 206 Å². The molecule has 34 nitrogen and oxygen atoms in total. The number of phenols is 5. The van der Waals surface area contributed by atoms with Crippen molar-refractivity contribution >= 4 is 70.5 Å². The zero-order valence-corrected chi connectivity index (χ0v) is 68.4. The molecule has 19 N–H and O–H groups in total. The van der Waals surface area contributed by atoms with E-state index in [-0.39, 0.29) is 74.9 Å². The van der Waals surface area contributed by atoms with Gasteiger partial charge < -0.3 is 133 Å². The predicted molar refractivity (Wildman–Crippen MR) is 441 cm³/mol. The van der Waals surface area contributed by atoms with Crippen LogP contribution in [0.25, 0.3) is 11.1 Å². The first-order valence-corrected chi connectivity index (χ1v) is 40.2. The Balaban J connectivity index is 1.07. The van der Waals surface area contributed by atoms with Crippen molar-refractivity contribution in [3.8, 4) is 80.1 Å². The second-order valence-electron chi connectivity index (χ2n) is 30.8. The zero-order valence-electron chi connectivity index (χ0n) is 66.9. The Morgan fingerprint density at radius 1 is 0.492 bits per heavy atom. The number of aryl methyl sites for hydroxylation is 1. The summed E-state index contributed by atoms with van der Waals surface area (Å²) in [7, 11) is 8.66. The van der Waals surface area contributed by atoms with Gasteiger partial charge in [0.15, 0.2) is 29.1 Å². The summed E-state index contributed by atoms with van der Waals surface area (Å²) in [6.45, 7) is 3.09. The van der Waals surface area contributed by atoms with Crippen molar-refractivity contribution in [2.24, 2.45) is 0 Å². The minimum Gasteiger partial charge on any atom is -0.508 e. The van der Waals surface area contributed by atoms with Crippen LogP contribution >= 0.6 is 23.2 Å². The fourth-order valence-electron chi connectivity index (χ4n) is 15.1. The maximum absolute atomic E-state index is 16.9. The lowest BCUT2D eigenvalue weighted by atomic mass is 9.87. The third-order valence-electron chi connectivity index (χ3n) is 21.5. The molecule has 122 heavy (non-hydrogen) atoms. The quantitative estimate of drug-likeness (QED) is 0.0450. The normalized spacial score (nSPS) is 23.4. The van der Waals surface area contributed by atoms with Crippen LogP contribution in [0.15, 0.2) is 140 Å². The number of carbonyl (C=O) groups is 8. The average Bonchev–Trinajstić information content (AvgIpc) is 1.19. The van der Waals surface area contributed by atoms with Gasteiger partial charge in [-0.25, -0.2) is 0 Å². The van der Waals surface area contributed by atoms with Crippen LogP contribution in [0.5, 0.6) is 69.0 Å². The van der Waals surface area contributed by atoms with Gasteiger partial charge in [-0.15, -0.1) is 0 Å². The number of aliphatic hydroxyl groups excluding tert-OH is 4. The van der Waals surface area contributed by atoms with E-state index in [1.807, 2.05) is 48.2 Å². The highest BCUT2D eigenvalue weighted by Crippen LogP contribution is 2.51. The number of rotatable bonds is 19. The summed E-state index contributed by atoms with van der Waals surface area (Å²) in [5.74, 6) is -16.1. The number of unbranched alkanes of at least 4 members (excludes halogenated alkanes) is 1. The molecular formula is C86H94Cl2N12O22. The number of aromatic hydroxyl groups is 5. The highest BCUT2D eigenvalue weighted by Gasteiger charge is 2.50. The van der Waals surface area contributed by atoms with Crippen LogP contribution < -0.4 is 72.1 Å². The molecule has 36 heteroatoms. The molecule has 8 aromatic carbocycles. The van der Waals surface area contributed by atoms with Crippen molar-refractivity contribution in [3.63, 3.8) is 0 Å². The maximum atomic E-state index is 16.9. The Labute approximate surface area is 709 Å². The molecule has 0 saturated carbocycles. The number of ether oxygens (including phenoxy) is 5. The van der Waals surface area contributed by atoms with Gasteiger partial charge in [0.1, 0.15) is 107 Å². The van der Waals surface area contributed by atoms with E-state index in [1.54, 1.807) is 14.1 Å². The highest BCUT2D eigenvalue weighted by molar-refractivity contribution is 6.32. The Bertz CT molecular complexity index is 5320. The summed E-state index contributed by atoms with van der Waals surface area (Å²) in [5, 5.41) is 136. The van der Waals surface area contributed by atoms with Gasteiger partial charge in [0, 0.05) is 42.9 Å². The largest absolute Gasteiger partial charge is 0.508 e. The van der Waals surface area contributed by atoms with Crippen LogP contribution in [-0.4, -0.2) is 207 Å². The first-order valence-electron chi connectivity index (χ1n) is 39.4. The first-order chi connectivity index (χ1) is 58.3. The second-order valence-corrected chi connectivity index (χ2v) is 31.6. The van der Waals surface area contributed by atoms with Crippen LogP contribution in [0.3, 0.4) is 0 Å². The molecule has 0 spiro atoms. The molecule has 15 bridgehead atoms. The molecule has 7 heterocycles. The number of amides is 8. The third-order valence-corrected chi connectivity index (χ3v) is 22.1. The second kappa shape index (κ2) is 37.9. The molecule has 1 saturated heterocycles. The van der Waals surface area contributed by atoms with Gasteiger partial charge in [-0.05, 0) is 197 Å². The Hall–Kier alpha value is -12.1. The lowest BCUT2D eigenvalue weighted by Gasteiger charge is -2.42. The van der Waals surface area contributed by atoms with E-state index in [2.05, 4.69) is 60.1 Å². The van der Waals surface area contributed by atoms with E-state index in [4.69, 9.17) is 46.9 Å². The van der Waals surface area contributed by atoms with Crippen LogP contribution in [0.2, 0.25) is 10.0 Å². The van der Waals surface area contributed by atoms with Gasteiger partial charge in [0.25, 0.3) is 5.91 Å². The van der Waals surface area contributed by atoms with Crippen LogP contribution in [-0.2, 0) is 56.1 Å². The molecule has 7 aliphatic heterocycles. The minimum atomic E-state index is -2.41. The lowest BCUT2D eigenvalue weighted by molar-refractivity contribution is -0.235. The van der Waals surface area contributed by atoms with E-state index in [1.165, 1.54) is 67.7 Å². The lowest BCUT2D eigenvalue weighted by Crippen LogP contribution is -2.66. The zero-order chi connectivity index (χ0) is 87.2. The summed E-state index contributed by atoms with van der Waals surface area (Å²) in [6, 6.07) is 13.3. The fourth-order valence-corrected chi connectivity index (χ4v) is 15.6. The molecule has 644 valence electrons. The van der Waals surface area contributed by atoms with Crippen molar-refractivity contribution in [2.75, 3.05) is 61.4 Å². The highest BCUT2D eigenvalue weighted by atomic mass is 35.5. The smallest absolute Gasteiger partial charge is 0.252 e. The number of nitrogens with zero attached hydrogens (tertiary/aromatic N) is 2. The summed E-state index contributed by atoms with van der Waals surface area (Å²) in [6.07, 6.45) is -8.61. The molecule has 8 aromatic rings. The van der Waals surface area contributed by atoms with Crippen LogP contribution in [0.1, 0.15) is 125 Å². The molecular weight excluding hydrogens is 1620 g/mol. The van der Waals surface area contributed by atoms with E-state index >= 15 is 24.0 Å². The Morgan fingerprint density at radius 3 is 1.64 bits per heavy atom. The van der Waals surface area contributed by atoms with Gasteiger partial charge >= 0.3 is 0 Å². The monoisotopic (exact) mass is 1720 g/mol. The topological polar surface area (TPSA) is 492 Å². The van der Waals surface area contributed by atoms with Gasteiger partial charge in [-0.2, -0.15) is 0 Å². The van der Waals surface area contributed by atoms with E-state index in [0.717, 1.165) is 79.4 Å². The predicted octanol–water partition coefficient (Wildman–Crippen LogP) is 5.41. The molecule has 0 radical (unpaired) electrons. The molecule has 0 aliphatic carbocycles. The molecule has 14 unspecified atom stereocenters. The average molecular weight is 1720 g/mol. The molecule has 15 rings (SSSR count). The Morgan fingerprint density at radius 2 is 1.03 bits per heavy atom. The van der Waals surface area contributed by atoms with Crippen molar-refractivity contribution in [1.29, 1.82) is 0 Å². The minimum absolute atomic E-state index is 0.0155. The maximum Gasteiger partial charge on any atom is 0.252 e. The standard InChI is InChI=1S/C86H94Cl2N12O22/c1-7-8-12-40-15-17-41(18-16-40)39-92-71-74(108)75(109)77(85(117)91-26-11-28-100(5)6)122-86(71)121-76-60-34-46-35-61(76)120-58-24-21-44(32-53(58)88)73(107)70-84(116)96-68(78(110)90-25-10-27-99(3)4)51-37-48(102)38-56(105)63(51)62-50(13-9-14-55(62)104)67(82(114)98-70)95-81(113)66(46)93-80(112)65-45-29-47(101)36-49(30-45)118-59-33-42(19-22-54(59)103)64(89-2)79(111)97-69(83(115)94-65)72(106)43-20-23-57(119-60)52(87)31-43/h9,13-24,29-38,64-75,77,86,89,92,101-109H,7-8,10-12,25-28,39H2,1-6H3,(H,90,110)(H,91,117)(H,93,112)(H,94,115)(H,95,113)(H,96,116)(H,97,111)(H,98,114). The third kappa shape index (κ3) is 19.4. The number of carbonyl (C=O) groups excluding carboxylic acids is 8. The molecule has 8 amide bonds. The van der Waals surface area contributed by atoms with Crippen molar-refractivity contribution in [1.82, 2.24) is 63.0 Å². The number of hydrogen-bond donors (Lipinski definition) is 19. The first kappa shape index (κ1) is 87.7. The summed E-state index contributed by atoms with van der Waals surface area (Å²) in [4.78, 5) is 129. The van der Waals surface area contributed by atoms with Gasteiger partial charge in [0.05, 0.1) is 16.1 Å². The molecule has 14 atom stereocenters. The van der Waals surface area contributed by atoms with Crippen LogP contribution in [0, 0.1) is 0 Å². The number of benzene rings is 8. The van der Waals surface area contributed by atoms with Gasteiger partial charge in [0.2, 0.25) is 53.4 Å². The fraction of sp³-hybridized carbons (Fsp3) is 0.349. The number of phenolic OH excluding ortho intramolecular Hbond substituents is 5. The van der Waals surface area contributed by atoms with Gasteiger partial charge in [-0.1, -0.05) is 91.1 Å². The summed E-state index contributed by atoms with van der Waals surface area (Å²) >= 11 is 14.6. The van der Waals surface area contributed by atoms with Crippen molar-refractivity contribution in [3.05, 3.63) is 200 Å². The number of likely N-dealkylation sites (N-methyl/N-ethyl adjacent to an activating group) is 1. The van der Waals surface area contributed by atoms with Crippen molar-refractivity contribution in [2.45, 2.75) is 131 Å². The SMILES string of the molecule is CCCCc1ccc(CNC2C(Oc3c4cc5cc3Oc3ccc(cc3Cl)C(O)C3NC(=O)C(NC(=O)C5NC(=O)C5NC(=O)C(NC(=O)C(NC)c6ccc(O)c(c6)Oc6cc(O)cc5c6)C(O)c5ccc(c(Cl)c5)O4)c4cccc(O)c4-c4c(O)cc(O)cc4C(C(=O)NCCCN(C)C)NC3=O)OC(C(=O)NCCCN(C)C)C(O)C2O)cc1. The number of halogens is 2. The molecule has 7 aliphatic rings.